The van der Waals surface area contributed by atoms with E-state index < -0.39 is 5.72 Å². The molecule has 1 fully saturated rings. The van der Waals surface area contributed by atoms with Gasteiger partial charge in [0.1, 0.15) is 0 Å². The van der Waals surface area contributed by atoms with Gasteiger partial charge in [0.05, 0.1) is 5.92 Å². The van der Waals surface area contributed by atoms with Crippen LogP contribution in [0.15, 0.2) is 5.18 Å². The summed E-state index contributed by atoms with van der Waals surface area (Å²) in [4.78, 5) is 22.1. The lowest BCUT2D eigenvalue weighted by Crippen LogP contribution is -2.36. The average molecular weight is 199 g/mol. The van der Waals surface area contributed by atoms with Crippen LogP contribution in [0.5, 0.6) is 0 Å². The van der Waals surface area contributed by atoms with Gasteiger partial charge in [-0.3, -0.25) is 4.79 Å². The summed E-state index contributed by atoms with van der Waals surface area (Å²) in [6, 6.07) is 0. The summed E-state index contributed by atoms with van der Waals surface area (Å²) in [6.45, 7) is 3.51. The van der Waals surface area contributed by atoms with E-state index in [1.807, 2.05) is 0 Å². The van der Waals surface area contributed by atoms with Crippen LogP contribution in [0.4, 0.5) is 0 Å². The molecule has 1 saturated carbocycles. The molecule has 0 amide bonds. The Bertz CT molecular complexity index is 219. The van der Waals surface area contributed by atoms with Crippen LogP contribution in [0.2, 0.25) is 0 Å². The van der Waals surface area contributed by atoms with Crippen LogP contribution < -0.4 is 0 Å². The molecule has 0 aromatic rings. The van der Waals surface area contributed by atoms with Crippen molar-refractivity contribution < 1.29 is 9.53 Å². The minimum absolute atomic E-state index is 0.199. The maximum absolute atomic E-state index is 11.4. The van der Waals surface area contributed by atoms with Crippen LogP contribution in [-0.2, 0) is 9.53 Å². The summed E-state index contributed by atoms with van der Waals surface area (Å²) < 4.78 is 5.17. The lowest BCUT2D eigenvalue weighted by Gasteiger charge is -2.30. The standard InChI is InChI=1S/C10H17NO3/c1-8(2)9(12)14-10(11-13)6-4-3-5-7-10/h8H,3-7H2,1-2H3. The van der Waals surface area contributed by atoms with E-state index in [1.54, 1.807) is 13.8 Å². The molecule has 0 aromatic heterocycles. The first-order valence-electron chi connectivity index (χ1n) is 5.17. The van der Waals surface area contributed by atoms with Gasteiger partial charge in [0.15, 0.2) is 0 Å². The van der Waals surface area contributed by atoms with Crippen LogP contribution in [0.3, 0.4) is 0 Å². The molecule has 80 valence electrons. The normalized spacial score (nSPS) is 20.5. The first-order valence-corrected chi connectivity index (χ1v) is 5.17. The Hall–Kier alpha value is -0.930. The van der Waals surface area contributed by atoms with Crippen molar-refractivity contribution in [1.29, 1.82) is 0 Å². The van der Waals surface area contributed by atoms with Gasteiger partial charge in [0.2, 0.25) is 5.72 Å². The van der Waals surface area contributed by atoms with Crippen molar-refractivity contribution in [2.75, 3.05) is 0 Å². The number of esters is 1. The fourth-order valence-electron chi connectivity index (χ4n) is 1.62. The number of nitrogens with zero attached hydrogens (tertiary/aromatic N) is 1. The molecule has 0 aliphatic heterocycles. The van der Waals surface area contributed by atoms with Crippen molar-refractivity contribution in [3.05, 3.63) is 4.91 Å². The molecule has 0 heterocycles. The number of ether oxygens (including phenoxy) is 1. The molecule has 0 saturated heterocycles. The van der Waals surface area contributed by atoms with Crippen molar-refractivity contribution in [2.24, 2.45) is 11.1 Å². The molecular formula is C10H17NO3. The van der Waals surface area contributed by atoms with Crippen LogP contribution in [0, 0.1) is 10.8 Å². The molecule has 0 N–H and O–H groups in total. The SMILES string of the molecule is CC(C)C(=O)OC1(N=O)CCCCC1. The molecular weight excluding hydrogens is 182 g/mol. The predicted octanol–water partition coefficient (Wildman–Crippen LogP) is 2.61. The third-order valence-electron chi connectivity index (χ3n) is 2.56. The van der Waals surface area contributed by atoms with Crippen LogP contribution in [-0.4, -0.2) is 11.7 Å². The topological polar surface area (TPSA) is 55.7 Å². The van der Waals surface area contributed by atoms with Crippen molar-refractivity contribution in [3.63, 3.8) is 0 Å². The fourth-order valence-corrected chi connectivity index (χ4v) is 1.62. The van der Waals surface area contributed by atoms with Gasteiger partial charge >= 0.3 is 5.97 Å². The Labute approximate surface area is 84.0 Å². The third kappa shape index (κ3) is 2.53. The number of hydrogen-bond acceptors (Lipinski definition) is 4. The summed E-state index contributed by atoms with van der Waals surface area (Å²) >= 11 is 0. The summed E-state index contributed by atoms with van der Waals surface area (Å²) in [7, 11) is 0. The van der Waals surface area contributed by atoms with Gasteiger partial charge in [-0.1, -0.05) is 20.3 Å². The molecule has 0 unspecified atom stereocenters. The zero-order valence-corrected chi connectivity index (χ0v) is 8.78. The molecule has 14 heavy (non-hydrogen) atoms. The number of rotatable bonds is 3. The van der Waals surface area contributed by atoms with E-state index in [1.165, 1.54) is 0 Å². The maximum Gasteiger partial charge on any atom is 0.310 e. The van der Waals surface area contributed by atoms with Crippen molar-refractivity contribution in [3.8, 4) is 0 Å². The number of carbonyl (C=O) groups is 1. The molecule has 0 radical (unpaired) electrons. The van der Waals surface area contributed by atoms with E-state index >= 15 is 0 Å². The van der Waals surface area contributed by atoms with Gasteiger partial charge in [-0.2, -0.15) is 0 Å². The fraction of sp³-hybridized carbons (Fsp3) is 0.900. The van der Waals surface area contributed by atoms with Crippen molar-refractivity contribution in [2.45, 2.75) is 51.7 Å². The van der Waals surface area contributed by atoms with Crippen LogP contribution in [0.25, 0.3) is 0 Å². The van der Waals surface area contributed by atoms with E-state index in [-0.39, 0.29) is 11.9 Å². The zero-order chi connectivity index (χ0) is 10.6. The molecule has 1 aliphatic rings. The van der Waals surface area contributed by atoms with Crippen LogP contribution >= 0.6 is 0 Å². The van der Waals surface area contributed by atoms with E-state index in [4.69, 9.17) is 4.74 Å². The highest BCUT2D eigenvalue weighted by atomic mass is 16.6. The first-order chi connectivity index (χ1) is 6.59. The lowest BCUT2D eigenvalue weighted by atomic mass is 9.92. The second-order valence-corrected chi connectivity index (χ2v) is 4.17. The Morgan fingerprint density at radius 2 is 1.86 bits per heavy atom. The number of nitroso groups, excluding NO2 is 1. The molecule has 4 nitrogen and oxygen atoms in total. The molecule has 4 heteroatoms. The van der Waals surface area contributed by atoms with Crippen molar-refractivity contribution >= 4 is 5.97 Å². The highest BCUT2D eigenvalue weighted by Crippen LogP contribution is 2.33. The quantitative estimate of drug-likeness (QED) is 0.518. The van der Waals surface area contributed by atoms with Gasteiger partial charge < -0.3 is 4.74 Å². The van der Waals surface area contributed by atoms with E-state index in [9.17, 15) is 9.70 Å². The summed E-state index contributed by atoms with van der Waals surface area (Å²) in [6.07, 6.45) is 4.08. The Balaban J connectivity index is 2.60. The van der Waals surface area contributed by atoms with E-state index in [2.05, 4.69) is 5.18 Å². The largest absolute Gasteiger partial charge is 0.433 e. The average Bonchev–Trinajstić information content (AvgIpc) is 2.19. The Morgan fingerprint density at radius 3 is 2.29 bits per heavy atom. The van der Waals surface area contributed by atoms with Gasteiger partial charge in [0.25, 0.3) is 0 Å². The number of hydrogen-bond donors (Lipinski definition) is 0. The number of carbonyl (C=O) groups excluding carboxylic acids is 1. The van der Waals surface area contributed by atoms with Crippen LogP contribution in [0.1, 0.15) is 46.0 Å². The smallest absolute Gasteiger partial charge is 0.310 e. The molecule has 1 rings (SSSR count). The highest BCUT2D eigenvalue weighted by Gasteiger charge is 2.37. The Morgan fingerprint density at radius 1 is 1.29 bits per heavy atom. The van der Waals surface area contributed by atoms with Gasteiger partial charge in [-0.15, -0.1) is 4.91 Å². The molecule has 0 spiro atoms. The van der Waals surface area contributed by atoms with Crippen molar-refractivity contribution in [1.82, 2.24) is 0 Å². The summed E-state index contributed by atoms with van der Waals surface area (Å²) in [5, 5.41) is 3.01. The lowest BCUT2D eigenvalue weighted by molar-refractivity contribution is -0.166. The monoisotopic (exact) mass is 199 g/mol. The molecule has 0 bridgehead atoms. The minimum atomic E-state index is -1.06. The second-order valence-electron chi connectivity index (χ2n) is 4.17. The maximum atomic E-state index is 11.4. The highest BCUT2D eigenvalue weighted by molar-refractivity contribution is 5.72. The van der Waals surface area contributed by atoms with Gasteiger partial charge in [-0.25, -0.2) is 0 Å². The van der Waals surface area contributed by atoms with E-state index in [0.29, 0.717) is 12.8 Å². The van der Waals surface area contributed by atoms with E-state index in [0.717, 1.165) is 19.3 Å². The minimum Gasteiger partial charge on any atom is -0.433 e. The predicted molar refractivity (Wildman–Crippen MR) is 52.5 cm³/mol. The first kappa shape index (κ1) is 11.1. The summed E-state index contributed by atoms with van der Waals surface area (Å²) in [5.41, 5.74) is -1.06. The summed E-state index contributed by atoms with van der Waals surface area (Å²) in [5.74, 6) is -0.526. The molecule has 0 aromatic carbocycles. The third-order valence-corrected chi connectivity index (χ3v) is 2.56. The van der Waals surface area contributed by atoms with Gasteiger partial charge in [0, 0.05) is 12.8 Å². The second kappa shape index (κ2) is 4.53. The zero-order valence-electron chi connectivity index (χ0n) is 8.78. The molecule has 0 atom stereocenters. The van der Waals surface area contributed by atoms with Gasteiger partial charge in [-0.05, 0) is 18.0 Å². The molecule has 1 aliphatic carbocycles. The Kier molecular flexibility index (Phi) is 3.61.